The first-order valence-corrected chi connectivity index (χ1v) is 11.3. The lowest BCUT2D eigenvalue weighted by atomic mass is 9.97. The van der Waals surface area contributed by atoms with Crippen LogP contribution >= 0.6 is 0 Å². The highest BCUT2D eigenvalue weighted by molar-refractivity contribution is 4.65. The Bertz CT molecular complexity index is 248. The summed E-state index contributed by atoms with van der Waals surface area (Å²) in [6, 6.07) is -0.119. The van der Waals surface area contributed by atoms with Gasteiger partial charge < -0.3 is 0 Å². The Morgan fingerprint density at radius 2 is 0.880 bits per heavy atom. The molecule has 0 spiro atoms. The van der Waals surface area contributed by atoms with E-state index in [1.807, 2.05) is 13.8 Å². The fraction of sp³-hybridized carbons (Fsp3) is 1.00. The predicted octanol–water partition coefficient (Wildman–Crippen LogP) is 7.74. The molecular weight excluding hydrogens is 310 g/mol. The average molecular weight is 358 g/mol. The molecule has 1 atom stereocenters. The summed E-state index contributed by atoms with van der Waals surface area (Å²) in [5, 5.41) is 18.8. The van der Waals surface area contributed by atoms with Crippen molar-refractivity contribution in [3.63, 3.8) is 0 Å². The highest BCUT2D eigenvalue weighted by Gasteiger charge is 2.18. The topological polar surface area (TPSA) is 43.7 Å². The lowest BCUT2D eigenvalue weighted by molar-refractivity contribution is -0.339. The quantitative estimate of drug-likeness (QED) is 0.183. The molecule has 3 nitrogen and oxygen atoms in total. The Hall–Kier alpha value is -0.120. The van der Waals surface area contributed by atoms with Crippen molar-refractivity contribution in [3.05, 3.63) is 0 Å². The SMILES string of the molecule is CCCCCCCCCCCCCCCCCCC(C(C)C)N(O)O. The van der Waals surface area contributed by atoms with Gasteiger partial charge in [0.1, 0.15) is 0 Å². The van der Waals surface area contributed by atoms with Gasteiger partial charge in [-0.25, -0.2) is 0 Å². The van der Waals surface area contributed by atoms with Crippen molar-refractivity contribution in [1.82, 2.24) is 5.23 Å². The molecule has 0 saturated carbocycles. The van der Waals surface area contributed by atoms with Crippen LogP contribution in [0.3, 0.4) is 0 Å². The number of nitrogens with zero attached hydrogens (tertiary/aromatic N) is 1. The number of rotatable bonds is 19. The van der Waals surface area contributed by atoms with Gasteiger partial charge in [-0.15, -0.1) is 0 Å². The minimum absolute atomic E-state index is 0.119. The lowest BCUT2D eigenvalue weighted by Gasteiger charge is -2.23. The zero-order valence-electron chi connectivity index (χ0n) is 17.5. The maximum atomic E-state index is 9.20. The van der Waals surface area contributed by atoms with E-state index in [9.17, 15) is 10.4 Å². The van der Waals surface area contributed by atoms with Gasteiger partial charge in [0.25, 0.3) is 0 Å². The maximum Gasteiger partial charge on any atom is 0.0646 e. The van der Waals surface area contributed by atoms with E-state index in [1.165, 1.54) is 96.3 Å². The van der Waals surface area contributed by atoms with E-state index in [4.69, 9.17) is 0 Å². The minimum Gasteiger partial charge on any atom is -0.289 e. The standard InChI is InChI=1S/C22H47NO2/c1-4-5-6-7-8-9-10-11-12-13-14-15-16-17-18-19-20-22(21(2)3)23(24)25/h21-22,24-25H,4-20H2,1-3H3. The fourth-order valence-corrected chi connectivity index (χ4v) is 3.62. The third-order valence-electron chi connectivity index (χ3n) is 5.42. The van der Waals surface area contributed by atoms with Crippen LogP contribution in [-0.2, 0) is 0 Å². The molecule has 0 rings (SSSR count). The first-order chi connectivity index (χ1) is 12.1. The Balaban J connectivity index is 3.19. The van der Waals surface area contributed by atoms with E-state index < -0.39 is 0 Å². The summed E-state index contributed by atoms with van der Waals surface area (Å²) >= 11 is 0. The van der Waals surface area contributed by atoms with Crippen LogP contribution < -0.4 is 0 Å². The molecule has 0 fully saturated rings. The zero-order valence-corrected chi connectivity index (χ0v) is 17.5. The molecule has 2 N–H and O–H groups in total. The molecule has 1 unspecified atom stereocenters. The van der Waals surface area contributed by atoms with E-state index in [0.29, 0.717) is 5.23 Å². The normalized spacial score (nSPS) is 13.1. The van der Waals surface area contributed by atoms with Gasteiger partial charge in [0.2, 0.25) is 0 Å². The fourth-order valence-electron chi connectivity index (χ4n) is 3.62. The van der Waals surface area contributed by atoms with E-state index in [2.05, 4.69) is 6.92 Å². The molecule has 0 radical (unpaired) electrons. The molecule has 0 amide bonds. The van der Waals surface area contributed by atoms with Crippen LogP contribution in [0.4, 0.5) is 0 Å². The predicted molar refractivity (Wildman–Crippen MR) is 108 cm³/mol. The molecule has 0 aromatic heterocycles. The molecule has 0 saturated heterocycles. The second-order valence-electron chi connectivity index (χ2n) is 8.22. The largest absolute Gasteiger partial charge is 0.289 e. The van der Waals surface area contributed by atoms with Gasteiger partial charge in [-0.2, -0.15) is 0 Å². The average Bonchev–Trinajstić information content (AvgIpc) is 2.57. The van der Waals surface area contributed by atoms with Crippen LogP contribution in [-0.4, -0.2) is 21.7 Å². The summed E-state index contributed by atoms with van der Waals surface area (Å²) in [4.78, 5) is 0. The van der Waals surface area contributed by atoms with Gasteiger partial charge in [0.15, 0.2) is 0 Å². The molecule has 152 valence electrons. The first kappa shape index (κ1) is 24.9. The Morgan fingerprint density at radius 1 is 0.560 bits per heavy atom. The highest BCUT2D eigenvalue weighted by Crippen LogP contribution is 2.17. The molecule has 3 heteroatoms. The highest BCUT2D eigenvalue weighted by atomic mass is 16.8. The molecule has 0 aromatic carbocycles. The van der Waals surface area contributed by atoms with Crippen molar-refractivity contribution in [2.24, 2.45) is 5.92 Å². The summed E-state index contributed by atoms with van der Waals surface area (Å²) in [6.07, 6.45) is 22.8. The van der Waals surface area contributed by atoms with Gasteiger partial charge in [0.05, 0.1) is 6.04 Å². The summed E-state index contributed by atoms with van der Waals surface area (Å²) in [5.74, 6) is 0.284. The molecule has 0 aliphatic rings. The summed E-state index contributed by atoms with van der Waals surface area (Å²) in [6.45, 7) is 6.36. The third kappa shape index (κ3) is 17.1. The van der Waals surface area contributed by atoms with Crippen molar-refractivity contribution in [1.29, 1.82) is 0 Å². The monoisotopic (exact) mass is 357 g/mol. The van der Waals surface area contributed by atoms with Gasteiger partial charge in [0, 0.05) is 0 Å². The molecule has 0 aliphatic carbocycles. The van der Waals surface area contributed by atoms with Crippen LogP contribution in [0.5, 0.6) is 0 Å². The minimum atomic E-state index is -0.119. The second-order valence-corrected chi connectivity index (χ2v) is 8.22. The summed E-state index contributed by atoms with van der Waals surface area (Å²) < 4.78 is 0. The van der Waals surface area contributed by atoms with Crippen LogP contribution in [0.2, 0.25) is 0 Å². The number of unbranched alkanes of at least 4 members (excludes halogenated alkanes) is 15. The van der Waals surface area contributed by atoms with Crippen LogP contribution in [0.15, 0.2) is 0 Å². The molecule has 0 aromatic rings. The Kier molecular flexibility index (Phi) is 18.6. The molecular formula is C22H47NO2. The molecule has 25 heavy (non-hydrogen) atoms. The Morgan fingerprint density at radius 3 is 1.16 bits per heavy atom. The number of hydroxylamine groups is 2. The van der Waals surface area contributed by atoms with Crippen molar-refractivity contribution in [2.75, 3.05) is 0 Å². The first-order valence-electron chi connectivity index (χ1n) is 11.3. The lowest BCUT2D eigenvalue weighted by Crippen LogP contribution is -2.33. The van der Waals surface area contributed by atoms with Gasteiger partial charge in [-0.3, -0.25) is 10.4 Å². The van der Waals surface area contributed by atoms with Crippen LogP contribution in [0.1, 0.15) is 130 Å². The number of hydrogen-bond donors (Lipinski definition) is 2. The van der Waals surface area contributed by atoms with E-state index in [-0.39, 0.29) is 12.0 Å². The van der Waals surface area contributed by atoms with Crippen molar-refractivity contribution >= 4 is 0 Å². The maximum absolute atomic E-state index is 9.20. The van der Waals surface area contributed by atoms with Gasteiger partial charge >= 0.3 is 0 Å². The van der Waals surface area contributed by atoms with Crippen LogP contribution in [0, 0.1) is 5.92 Å². The van der Waals surface area contributed by atoms with E-state index in [1.54, 1.807) is 0 Å². The summed E-state index contributed by atoms with van der Waals surface area (Å²) in [7, 11) is 0. The van der Waals surface area contributed by atoms with Gasteiger partial charge in [-0.1, -0.05) is 129 Å². The van der Waals surface area contributed by atoms with Gasteiger partial charge in [-0.05, 0) is 12.3 Å². The number of hydrogen-bond acceptors (Lipinski definition) is 3. The van der Waals surface area contributed by atoms with Crippen LogP contribution in [0.25, 0.3) is 0 Å². The Labute approximate surface area is 158 Å². The zero-order chi connectivity index (χ0) is 18.8. The smallest absolute Gasteiger partial charge is 0.0646 e. The van der Waals surface area contributed by atoms with Crippen molar-refractivity contribution in [3.8, 4) is 0 Å². The van der Waals surface area contributed by atoms with E-state index in [0.717, 1.165) is 12.8 Å². The van der Waals surface area contributed by atoms with E-state index >= 15 is 0 Å². The molecule has 0 heterocycles. The second kappa shape index (κ2) is 18.7. The molecule has 0 aliphatic heterocycles. The third-order valence-corrected chi connectivity index (χ3v) is 5.42. The van der Waals surface area contributed by atoms with Crippen molar-refractivity contribution in [2.45, 2.75) is 136 Å². The summed E-state index contributed by atoms with van der Waals surface area (Å²) in [5.41, 5.74) is 0. The molecule has 0 bridgehead atoms. The van der Waals surface area contributed by atoms with Crippen molar-refractivity contribution < 1.29 is 10.4 Å².